The number of hydrogen-bond acceptors (Lipinski definition) is 6. The third kappa shape index (κ3) is 4.32. The predicted molar refractivity (Wildman–Crippen MR) is 124 cm³/mol. The van der Waals surface area contributed by atoms with E-state index in [1.165, 1.54) is 19.5 Å². The molecule has 1 aromatic heterocycles. The minimum absolute atomic E-state index is 0.00515. The van der Waals surface area contributed by atoms with Crippen molar-refractivity contribution in [2.75, 3.05) is 0 Å². The standard InChI is InChI=1S/C27H36O6/c1-8-16(2)25(30)33-24-23(32-19(5)28)18(4)26(6,14-21(29)20-12-13-31-15-20)22-11-9-10-17(3)27(22,24)7/h8,10,12-13,15,18,22-24H,9,11,14H2,1-7H3/b16-8+/t18-,22?,23-,24-,26+,27+/m1/s1. The van der Waals surface area contributed by atoms with Gasteiger partial charge in [-0.1, -0.05) is 38.5 Å². The minimum atomic E-state index is -0.680. The molecule has 3 rings (SSSR count). The van der Waals surface area contributed by atoms with Gasteiger partial charge in [0.05, 0.1) is 11.8 Å². The van der Waals surface area contributed by atoms with E-state index in [2.05, 4.69) is 26.8 Å². The number of Topliss-reactive ketones (excluding diaryl/α,β-unsaturated/α-hetero) is 1. The van der Waals surface area contributed by atoms with Crippen LogP contribution in [-0.4, -0.2) is 29.9 Å². The number of ether oxygens (including phenoxy) is 2. The number of hydrogen-bond donors (Lipinski definition) is 0. The first-order valence-corrected chi connectivity index (χ1v) is 11.7. The lowest BCUT2D eigenvalue weighted by Gasteiger charge is -2.62. The molecule has 180 valence electrons. The molecule has 6 nitrogen and oxygen atoms in total. The summed E-state index contributed by atoms with van der Waals surface area (Å²) in [5.41, 5.74) is 1.07. The molecule has 1 heterocycles. The Hall–Kier alpha value is -2.63. The highest BCUT2D eigenvalue weighted by Gasteiger charge is 2.64. The molecule has 0 amide bonds. The van der Waals surface area contributed by atoms with Gasteiger partial charge in [-0.3, -0.25) is 9.59 Å². The molecule has 0 spiro atoms. The van der Waals surface area contributed by atoms with Crippen LogP contribution in [0.2, 0.25) is 0 Å². The number of furan rings is 1. The van der Waals surface area contributed by atoms with E-state index in [0.29, 0.717) is 11.1 Å². The molecule has 2 aliphatic rings. The fourth-order valence-electron chi connectivity index (χ4n) is 6.02. The van der Waals surface area contributed by atoms with Crippen molar-refractivity contribution < 1.29 is 28.3 Å². The fourth-order valence-corrected chi connectivity index (χ4v) is 6.02. The molecule has 0 radical (unpaired) electrons. The summed E-state index contributed by atoms with van der Waals surface area (Å²) in [6.07, 6.45) is 7.56. The van der Waals surface area contributed by atoms with Crippen LogP contribution in [0.1, 0.15) is 78.1 Å². The van der Waals surface area contributed by atoms with Crippen molar-refractivity contribution in [2.24, 2.45) is 22.7 Å². The molecule has 1 unspecified atom stereocenters. The lowest BCUT2D eigenvalue weighted by molar-refractivity contribution is -0.219. The summed E-state index contributed by atoms with van der Waals surface area (Å²) >= 11 is 0. The van der Waals surface area contributed by atoms with Crippen molar-refractivity contribution in [3.05, 3.63) is 47.5 Å². The molecular weight excluding hydrogens is 420 g/mol. The number of carbonyl (C=O) groups is 3. The lowest BCUT2D eigenvalue weighted by atomic mass is 9.45. The third-order valence-corrected chi connectivity index (χ3v) is 8.37. The average molecular weight is 457 g/mol. The number of allylic oxidation sites excluding steroid dienone is 2. The zero-order chi connectivity index (χ0) is 24.6. The van der Waals surface area contributed by atoms with Gasteiger partial charge >= 0.3 is 11.9 Å². The van der Waals surface area contributed by atoms with E-state index in [4.69, 9.17) is 13.9 Å². The molecule has 0 N–H and O–H groups in total. The van der Waals surface area contributed by atoms with Crippen molar-refractivity contribution in [1.29, 1.82) is 0 Å². The van der Waals surface area contributed by atoms with Gasteiger partial charge in [-0.15, -0.1) is 0 Å². The Morgan fingerprint density at radius 2 is 1.91 bits per heavy atom. The van der Waals surface area contributed by atoms with Gasteiger partial charge in [0.2, 0.25) is 0 Å². The summed E-state index contributed by atoms with van der Waals surface area (Å²) in [4.78, 5) is 38.3. The van der Waals surface area contributed by atoms with Crippen LogP contribution in [0, 0.1) is 22.7 Å². The molecule has 0 aromatic carbocycles. The zero-order valence-electron chi connectivity index (χ0n) is 20.8. The summed E-state index contributed by atoms with van der Waals surface area (Å²) in [5, 5.41) is 0. The molecule has 6 heteroatoms. The summed E-state index contributed by atoms with van der Waals surface area (Å²) in [6, 6.07) is 1.68. The summed E-state index contributed by atoms with van der Waals surface area (Å²) < 4.78 is 17.1. The van der Waals surface area contributed by atoms with Gasteiger partial charge in [-0.05, 0) is 51.0 Å². The first-order chi connectivity index (χ1) is 15.5. The maximum absolute atomic E-state index is 13.2. The summed E-state index contributed by atoms with van der Waals surface area (Å²) in [5.74, 6) is -1.02. The first-order valence-electron chi connectivity index (χ1n) is 11.7. The van der Waals surface area contributed by atoms with Crippen LogP contribution in [0.3, 0.4) is 0 Å². The van der Waals surface area contributed by atoms with Crippen molar-refractivity contribution >= 4 is 17.7 Å². The number of rotatable bonds is 6. The number of esters is 2. The molecule has 1 fully saturated rings. The van der Waals surface area contributed by atoms with Crippen molar-refractivity contribution in [3.8, 4) is 0 Å². The largest absolute Gasteiger partial charge is 0.472 e. The fraction of sp³-hybridized carbons (Fsp3) is 0.593. The van der Waals surface area contributed by atoms with Crippen LogP contribution in [0.15, 0.2) is 46.3 Å². The molecule has 0 aliphatic heterocycles. The first kappa shape index (κ1) is 25.0. The molecule has 6 atom stereocenters. The topological polar surface area (TPSA) is 82.8 Å². The summed E-state index contributed by atoms with van der Waals surface area (Å²) in [7, 11) is 0. The van der Waals surface area contributed by atoms with Gasteiger partial charge in [0.25, 0.3) is 0 Å². The third-order valence-electron chi connectivity index (χ3n) is 8.37. The van der Waals surface area contributed by atoms with Crippen molar-refractivity contribution in [2.45, 2.75) is 79.9 Å². The van der Waals surface area contributed by atoms with Gasteiger partial charge < -0.3 is 13.9 Å². The number of fused-ring (bicyclic) bond motifs is 1. The van der Waals surface area contributed by atoms with E-state index in [1.807, 2.05) is 6.92 Å². The van der Waals surface area contributed by atoms with Crippen LogP contribution in [0.25, 0.3) is 0 Å². The smallest absolute Gasteiger partial charge is 0.333 e. The second kappa shape index (κ2) is 9.32. The Morgan fingerprint density at radius 1 is 1.21 bits per heavy atom. The van der Waals surface area contributed by atoms with E-state index < -0.39 is 35.0 Å². The molecule has 1 aromatic rings. The number of ketones is 1. The van der Waals surface area contributed by atoms with E-state index >= 15 is 0 Å². The highest BCUT2D eigenvalue weighted by atomic mass is 16.6. The maximum atomic E-state index is 13.2. The second-order valence-electron chi connectivity index (χ2n) is 10.1. The van der Waals surface area contributed by atoms with Gasteiger partial charge in [-0.25, -0.2) is 4.79 Å². The van der Waals surface area contributed by atoms with E-state index in [1.54, 1.807) is 26.0 Å². The van der Waals surface area contributed by atoms with Crippen LogP contribution in [0.5, 0.6) is 0 Å². The zero-order valence-corrected chi connectivity index (χ0v) is 20.8. The Balaban J connectivity index is 2.12. The van der Waals surface area contributed by atoms with Crippen LogP contribution in [-0.2, 0) is 19.1 Å². The second-order valence-corrected chi connectivity index (χ2v) is 10.1. The molecule has 0 saturated heterocycles. The Morgan fingerprint density at radius 3 is 2.48 bits per heavy atom. The predicted octanol–water partition coefficient (Wildman–Crippen LogP) is 5.68. The van der Waals surface area contributed by atoms with Crippen LogP contribution >= 0.6 is 0 Å². The Labute approximate surface area is 196 Å². The normalized spacial score (nSPS) is 34.2. The minimum Gasteiger partial charge on any atom is -0.472 e. The Bertz CT molecular complexity index is 971. The quantitative estimate of drug-likeness (QED) is 0.237. The summed E-state index contributed by atoms with van der Waals surface area (Å²) in [6.45, 7) is 13.1. The van der Waals surface area contributed by atoms with Crippen molar-refractivity contribution in [1.82, 2.24) is 0 Å². The van der Waals surface area contributed by atoms with E-state index in [9.17, 15) is 14.4 Å². The van der Waals surface area contributed by atoms with E-state index in [0.717, 1.165) is 18.4 Å². The van der Waals surface area contributed by atoms with Crippen LogP contribution < -0.4 is 0 Å². The molecule has 0 bridgehead atoms. The van der Waals surface area contributed by atoms with Gasteiger partial charge in [-0.2, -0.15) is 0 Å². The number of carbonyl (C=O) groups excluding carboxylic acids is 3. The molecular formula is C27H36O6. The molecule has 1 saturated carbocycles. The van der Waals surface area contributed by atoms with E-state index in [-0.39, 0.29) is 24.0 Å². The lowest BCUT2D eigenvalue weighted by Crippen LogP contribution is -2.65. The highest BCUT2D eigenvalue weighted by Crippen LogP contribution is 2.63. The van der Waals surface area contributed by atoms with Crippen molar-refractivity contribution in [3.63, 3.8) is 0 Å². The molecule has 33 heavy (non-hydrogen) atoms. The van der Waals surface area contributed by atoms with Gasteiger partial charge in [0, 0.05) is 30.3 Å². The van der Waals surface area contributed by atoms with Gasteiger partial charge in [0.1, 0.15) is 18.5 Å². The molecule has 2 aliphatic carbocycles. The monoisotopic (exact) mass is 456 g/mol. The SMILES string of the molecule is C/C=C(\C)C(=O)O[C@@H]1[C@H](OC(C)=O)[C@@H](C)[C@](C)(CC(=O)c2ccoc2)C2CCC=C(C)[C@@]21C. The Kier molecular flexibility index (Phi) is 7.06. The maximum Gasteiger partial charge on any atom is 0.333 e. The highest BCUT2D eigenvalue weighted by molar-refractivity contribution is 5.96. The average Bonchev–Trinajstić information content (AvgIpc) is 3.30. The van der Waals surface area contributed by atoms with Crippen LogP contribution in [0.4, 0.5) is 0 Å². The van der Waals surface area contributed by atoms with Gasteiger partial charge in [0.15, 0.2) is 5.78 Å².